The van der Waals surface area contributed by atoms with Gasteiger partial charge in [0.1, 0.15) is 5.51 Å². The summed E-state index contributed by atoms with van der Waals surface area (Å²) in [7, 11) is 0. The zero-order chi connectivity index (χ0) is 12.5. The smallest absolute Gasteiger partial charge is 0.321 e. The van der Waals surface area contributed by atoms with Crippen LogP contribution in [0.1, 0.15) is 19.8 Å². The number of rotatable bonds is 6. The van der Waals surface area contributed by atoms with Crippen molar-refractivity contribution in [3.63, 3.8) is 0 Å². The molecule has 0 atom stereocenters. The van der Waals surface area contributed by atoms with E-state index in [9.17, 15) is 9.59 Å². The molecule has 0 unspecified atom stereocenters. The maximum atomic E-state index is 11.3. The topological polar surface area (TPSA) is 84.0 Å². The van der Waals surface area contributed by atoms with E-state index in [1.807, 2.05) is 6.92 Å². The van der Waals surface area contributed by atoms with Gasteiger partial charge in [0.05, 0.1) is 5.75 Å². The van der Waals surface area contributed by atoms with Crippen molar-refractivity contribution in [1.82, 2.24) is 20.8 Å². The number of carbonyl (C=O) groups is 2. The summed E-state index contributed by atoms with van der Waals surface area (Å²) in [6.07, 6.45) is 1.91. The third kappa shape index (κ3) is 6.22. The highest BCUT2D eigenvalue weighted by Crippen LogP contribution is 2.17. The van der Waals surface area contributed by atoms with Crippen LogP contribution in [0.25, 0.3) is 0 Å². The average Bonchev–Trinajstić information content (AvgIpc) is 2.79. The second-order valence-corrected chi connectivity index (χ2v) is 5.21. The summed E-state index contributed by atoms with van der Waals surface area (Å²) < 4.78 is 0.714. The molecule has 0 bridgehead atoms. The fourth-order valence-electron chi connectivity index (χ4n) is 0.939. The quantitative estimate of drug-likeness (QED) is 0.602. The van der Waals surface area contributed by atoms with Gasteiger partial charge in [0.25, 0.3) is 0 Å². The van der Waals surface area contributed by atoms with E-state index in [4.69, 9.17) is 0 Å². The monoisotopic (exact) mass is 274 g/mol. The number of imide groups is 1. The molecule has 1 aromatic rings. The van der Waals surface area contributed by atoms with Crippen molar-refractivity contribution in [3.8, 4) is 0 Å². The molecule has 0 fully saturated rings. The first-order valence-corrected chi connectivity index (χ1v) is 7.05. The van der Waals surface area contributed by atoms with Crippen LogP contribution >= 0.6 is 23.1 Å². The molecule has 0 saturated heterocycles. The second-order valence-electron chi connectivity index (χ2n) is 3.15. The van der Waals surface area contributed by atoms with Crippen molar-refractivity contribution in [2.45, 2.75) is 24.1 Å². The van der Waals surface area contributed by atoms with Crippen LogP contribution in [0.15, 0.2) is 9.85 Å². The molecule has 17 heavy (non-hydrogen) atoms. The van der Waals surface area contributed by atoms with Crippen molar-refractivity contribution in [2.24, 2.45) is 0 Å². The van der Waals surface area contributed by atoms with Crippen LogP contribution in [0, 0.1) is 0 Å². The molecule has 1 heterocycles. The Bertz CT molecular complexity index is 356. The Kier molecular flexibility index (Phi) is 6.56. The third-order valence-corrected chi connectivity index (χ3v) is 3.60. The molecule has 8 heteroatoms. The Labute approximate surface area is 108 Å². The number of thioether (sulfide) groups is 1. The number of nitrogens with one attached hydrogen (secondary N) is 2. The van der Waals surface area contributed by atoms with E-state index in [1.54, 1.807) is 5.51 Å². The van der Waals surface area contributed by atoms with Crippen LogP contribution < -0.4 is 10.6 Å². The minimum atomic E-state index is -0.443. The van der Waals surface area contributed by atoms with Gasteiger partial charge in [-0.15, -0.1) is 10.2 Å². The molecular weight excluding hydrogens is 260 g/mol. The van der Waals surface area contributed by atoms with Crippen molar-refractivity contribution in [3.05, 3.63) is 5.51 Å². The van der Waals surface area contributed by atoms with Crippen LogP contribution in [0.2, 0.25) is 0 Å². The van der Waals surface area contributed by atoms with Crippen LogP contribution in [0.3, 0.4) is 0 Å². The zero-order valence-corrected chi connectivity index (χ0v) is 11.1. The number of aromatic nitrogens is 2. The van der Waals surface area contributed by atoms with Crippen molar-refractivity contribution in [2.75, 3.05) is 12.3 Å². The van der Waals surface area contributed by atoms with Crippen LogP contribution in [0.4, 0.5) is 4.79 Å². The van der Waals surface area contributed by atoms with E-state index in [2.05, 4.69) is 20.8 Å². The number of nitrogens with zero attached hydrogens (tertiary/aromatic N) is 2. The highest BCUT2D eigenvalue weighted by molar-refractivity contribution is 8.01. The Balaban J connectivity index is 2.14. The first-order chi connectivity index (χ1) is 8.22. The minimum absolute atomic E-state index is 0.163. The molecule has 0 aliphatic carbocycles. The standard InChI is InChI=1S/C9H14N4O2S2/c1-2-3-4-10-8(15)12-7(14)5-16-9-13-11-6-17-9/h6H,2-5H2,1H3,(H2,10,12,14,15). The number of urea groups is 1. The number of amides is 3. The number of hydrogen-bond acceptors (Lipinski definition) is 6. The summed E-state index contributed by atoms with van der Waals surface area (Å²) >= 11 is 2.62. The zero-order valence-electron chi connectivity index (χ0n) is 9.43. The lowest BCUT2D eigenvalue weighted by Crippen LogP contribution is -2.40. The van der Waals surface area contributed by atoms with Crippen molar-refractivity contribution < 1.29 is 9.59 Å². The van der Waals surface area contributed by atoms with Gasteiger partial charge in [-0.3, -0.25) is 10.1 Å². The molecule has 0 aliphatic rings. The highest BCUT2D eigenvalue weighted by Gasteiger charge is 2.08. The largest absolute Gasteiger partial charge is 0.338 e. The van der Waals surface area contributed by atoms with Gasteiger partial charge in [-0.05, 0) is 6.42 Å². The van der Waals surface area contributed by atoms with E-state index in [-0.39, 0.29) is 11.7 Å². The van der Waals surface area contributed by atoms with Gasteiger partial charge in [-0.1, -0.05) is 36.4 Å². The van der Waals surface area contributed by atoms with Gasteiger partial charge in [0, 0.05) is 6.54 Å². The molecule has 3 amide bonds. The first kappa shape index (κ1) is 13.9. The molecule has 0 saturated carbocycles. The third-order valence-electron chi connectivity index (χ3n) is 1.74. The molecule has 94 valence electrons. The summed E-state index contributed by atoms with van der Waals surface area (Å²) in [5, 5.41) is 12.3. The Hall–Kier alpha value is -1.15. The summed E-state index contributed by atoms with van der Waals surface area (Å²) in [6, 6.07) is -0.443. The maximum Gasteiger partial charge on any atom is 0.321 e. The number of unbranched alkanes of at least 4 members (excludes halogenated alkanes) is 1. The summed E-state index contributed by atoms with van der Waals surface area (Å²) in [5.41, 5.74) is 1.59. The lowest BCUT2D eigenvalue weighted by molar-refractivity contribution is -0.117. The molecule has 0 aromatic carbocycles. The van der Waals surface area contributed by atoms with Crippen LogP contribution in [-0.2, 0) is 4.79 Å². The maximum absolute atomic E-state index is 11.3. The lowest BCUT2D eigenvalue weighted by atomic mass is 10.3. The highest BCUT2D eigenvalue weighted by atomic mass is 32.2. The fourth-order valence-corrected chi connectivity index (χ4v) is 2.23. The predicted octanol–water partition coefficient (Wildman–Crippen LogP) is 1.26. The van der Waals surface area contributed by atoms with E-state index in [0.29, 0.717) is 10.9 Å². The summed E-state index contributed by atoms with van der Waals surface area (Å²) in [5.74, 6) is -0.171. The first-order valence-electron chi connectivity index (χ1n) is 5.19. The second kappa shape index (κ2) is 8.02. The minimum Gasteiger partial charge on any atom is -0.338 e. The van der Waals surface area contributed by atoms with Crippen LogP contribution in [-0.4, -0.2) is 34.4 Å². The molecular formula is C9H14N4O2S2. The molecule has 2 N–H and O–H groups in total. The van der Waals surface area contributed by atoms with Gasteiger partial charge in [-0.2, -0.15) is 0 Å². The van der Waals surface area contributed by atoms with Gasteiger partial charge in [0.15, 0.2) is 4.34 Å². The Morgan fingerprint density at radius 2 is 2.35 bits per heavy atom. The van der Waals surface area contributed by atoms with E-state index >= 15 is 0 Å². The van der Waals surface area contributed by atoms with Crippen molar-refractivity contribution in [1.29, 1.82) is 0 Å². The Morgan fingerprint density at radius 1 is 1.53 bits per heavy atom. The summed E-state index contributed by atoms with van der Waals surface area (Å²) in [4.78, 5) is 22.6. The number of hydrogen-bond donors (Lipinski definition) is 2. The normalized spacial score (nSPS) is 9.94. The fraction of sp³-hybridized carbons (Fsp3) is 0.556. The molecule has 0 spiro atoms. The predicted molar refractivity (Wildman–Crippen MR) is 67.1 cm³/mol. The molecule has 1 rings (SSSR count). The average molecular weight is 274 g/mol. The molecule has 1 aromatic heterocycles. The van der Waals surface area contributed by atoms with Gasteiger partial charge in [0.2, 0.25) is 5.91 Å². The number of carbonyl (C=O) groups excluding carboxylic acids is 2. The molecule has 6 nitrogen and oxygen atoms in total. The van der Waals surface area contributed by atoms with Crippen molar-refractivity contribution >= 4 is 35.0 Å². The van der Waals surface area contributed by atoms with Gasteiger partial charge in [-0.25, -0.2) is 4.79 Å². The summed E-state index contributed by atoms with van der Waals surface area (Å²) in [6.45, 7) is 2.61. The molecule has 0 radical (unpaired) electrons. The molecule has 0 aliphatic heterocycles. The van der Waals surface area contributed by atoms with E-state index < -0.39 is 6.03 Å². The Morgan fingerprint density at radius 3 is 3.00 bits per heavy atom. The van der Waals surface area contributed by atoms with Crippen LogP contribution in [0.5, 0.6) is 0 Å². The van der Waals surface area contributed by atoms with Gasteiger partial charge >= 0.3 is 6.03 Å². The van der Waals surface area contributed by atoms with E-state index in [1.165, 1.54) is 23.1 Å². The van der Waals surface area contributed by atoms with E-state index in [0.717, 1.165) is 12.8 Å². The van der Waals surface area contributed by atoms with Gasteiger partial charge < -0.3 is 5.32 Å². The lowest BCUT2D eigenvalue weighted by Gasteiger charge is -2.04. The SMILES string of the molecule is CCCCNC(=O)NC(=O)CSc1nncs1.